The first-order chi connectivity index (χ1) is 7.51. The molecule has 1 heterocycles. The first kappa shape index (κ1) is 13.9. The average molecular weight is 250 g/mol. The summed E-state index contributed by atoms with van der Waals surface area (Å²) in [5, 5.41) is 0. The molecule has 0 saturated carbocycles. The highest BCUT2D eigenvalue weighted by Crippen LogP contribution is 2.10. The predicted molar refractivity (Wildman–Crippen MR) is 63.9 cm³/mol. The minimum Gasteiger partial charge on any atom is -0.380 e. The van der Waals surface area contributed by atoms with E-state index in [9.17, 15) is 8.42 Å². The van der Waals surface area contributed by atoms with Crippen LogP contribution in [0.4, 0.5) is 0 Å². The molecule has 1 fully saturated rings. The maximum Gasteiger partial charge on any atom is 0.208 e. The van der Waals surface area contributed by atoms with Gasteiger partial charge in [-0.25, -0.2) is 13.1 Å². The number of nitrogens with zero attached hydrogens (tertiary/aromatic N) is 1. The third-order valence-corrected chi connectivity index (χ3v) is 3.49. The van der Waals surface area contributed by atoms with E-state index in [0.29, 0.717) is 0 Å². The van der Waals surface area contributed by atoms with E-state index in [-0.39, 0.29) is 6.04 Å². The van der Waals surface area contributed by atoms with Crippen molar-refractivity contribution in [3.8, 4) is 0 Å². The van der Waals surface area contributed by atoms with Crippen LogP contribution in [-0.4, -0.2) is 58.5 Å². The zero-order valence-corrected chi connectivity index (χ0v) is 10.9. The molecule has 1 aliphatic rings. The Bertz CT molecular complexity index is 284. The SMILES string of the molecule is CCOCCN1CCC(NS(C)(=O)=O)CC1. The predicted octanol–water partition coefficient (Wildman–Crippen LogP) is 0.0365. The minimum atomic E-state index is -3.06. The van der Waals surface area contributed by atoms with Gasteiger partial charge in [0.1, 0.15) is 0 Å². The zero-order valence-electron chi connectivity index (χ0n) is 10.1. The van der Waals surface area contributed by atoms with Crippen molar-refractivity contribution in [1.29, 1.82) is 0 Å². The van der Waals surface area contributed by atoms with Crippen molar-refractivity contribution in [2.75, 3.05) is 39.1 Å². The molecule has 1 saturated heterocycles. The largest absolute Gasteiger partial charge is 0.380 e. The number of ether oxygens (including phenoxy) is 1. The number of piperidine rings is 1. The molecule has 0 radical (unpaired) electrons. The van der Waals surface area contributed by atoms with Crippen LogP contribution in [0, 0.1) is 0 Å². The van der Waals surface area contributed by atoms with Crippen LogP contribution in [0.25, 0.3) is 0 Å². The van der Waals surface area contributed by atoms with Gasteiger partial charge in [-0.3, -0.25) is 0 Å². The fraction of sp³-hybridized carbons (Fsp3) is 1.00. The summed E-state index contributed by atoms with van der Waals surface area (Å²) in [6, 6.07) is 0.110. The van der Waals surface area contributed by atoms with Crippen LogP contribution in [0.5, 0.6) is 0 Å². The normalized spacial score (nSPS) is 20.1. The monoisotopic (exact) mass is 250 g/mol. The lowest BCUT2D eigenvalue weighted by atomic mass is 10.1. The highest BCUT2D eigenvalue weighted by Gasteiger charge is 2.20. The third kappa shape index (κ3) is 5.79. The van der Waals surface area contributed by atoms with E-state index in [2.05, 4.69) is 9.62 Å². The molecule has 0 atom stereocenters. The van der Waals surface area contributed by atoms with E-state index in [1.165, 1.54) is 6.26 Å². The molecule has 1 N–H and O–H groups in total. The molecule has 0 spiro atoms. The van der Waals surface area contributed by atoms with Crippen molar-refractivity contribution in [2.45, 2.75) is 25.8 Å². The number of hydrogen-bond donors (Lipinski definition) is 1. The Balaban J connectivity index is 2.18. The number of rotatable bonds is 6. The van der Waals surface area contributed by atoms with Gasteiger partial charge in [0.05, 0.1) is 12.9 Å². The van der Waals surface area contributed by atoms with Gasteiger partial charge in [-0.2, -0.15) is 0 Å². The van der Waals surface area contributed by atoms with Crippen molar-refractivity contribution in [2.24, 2.45) is 0 Å². The van der Waals surface area contributed by atoms with Crippen LogP contribution in [-0.2, 0) is 14.8 Å². The summed E-state index contributed by atoms with van der Waals surface area (Å²) < 4.78 is 30.0. The van der Waals surface area contributed by atoms with Crippen molar-refractivity contribution < 1.29 is 13.2 Å². The van der Waals surface area contributed by atoms with Crippen LogP contribution in [0.1, 0.15) is 19.8 Å². The maximum absolute atomic E-state index is 11.0. The second kappa shape index (κ2) is 6.54. The molecule has 0 aliphatic carbocycles. The van der Waals surface area contributed by atoms with Gasteiger partial charge in [0, 0.05) is 19.2 Å². The lowest BCUT2D eigenvalue weighted by molar-refractivity contribution is 0.101. The van der Waals surface area contributed by atoms with Gasteiger partial charge in [0.2, 0.25) is 10.0 Å². The quantitative estimate of drug-likeness (QED) is 0.676. The van der Waals surface area contributed by atoms with E-state index < -0.39 is 10.0 Å². The molecule has 0 bridgehead atoms. The van der Waals surface area contributed by atoms with Gasteiger partial charge in [-0.15, -0.1) is 0 Å². The Kier molecular flexibility index (Phi) is 5.68. The lowest BCUT2D eigenvalue weighted by Crippen LogP contribution is -2.45. The molecular formula is C10H22N2O3S. The smallest absolute Gasteiger partial charge is 0.208 e. The molecular weight excluding hydrogens is 228 g/mol. The van der Waals surface area contributed by atoms with Gasteiger partial charge in [-0.05, 0) is 32.9 Å². The first-order valence-electron chi connectivity index (χ1n) is 5.78. The molecule has 1 rings (SSSR count). The van der Waals surface area contributed by atoms with E-state index in [1.807, 2.05) is 6.92 Å². The summed E-state index contributed by atoms with van der Waals surface area (Å²) >= 11 is 0. The highest BCUT2D eigenvalue weighted by atomic mass is 32.2. The van der Waals surface area contributed by atoms with E-state index in [4.69, 9.17) is 4.74 Å². The molecule has 0 aromatic rings. The summed E-state index contributed by atoms with van der Waals surface area (Å²) in [6.07, 6.45) is 2.99. The molecule has 96 valence electrons. The second-order valence-corrected chi connectivity index (χ2v) is 5.98. The van der Waals surface area contributed by atoms with Crippen molar-refractivity contribution in [1.82, 2.24) is 9.62 Å². The minimum absolute atomic E-state index is 0.110. The molecule has 0 aromatic carbocycles. The van der Waals surface area contributed by atoms with Crippen molar-refractivity contribution in [3.05, 3.63) is 0 Å². The lowest BCUT2D eigenvalue weighted by Gasteiger charge is -2.31. The fourth-order valence-corrected chi connectivity index (χ4v) is 2.76. The molecule has 16 heavy (non-hydrogen) atoms. The Morgan fingerprint density at radius 2 is 2.00 bits per heavy atom. The van der Waals surface area contributed by atoms with Gasteiger partial charge in [-0.1, -0.05) is 0 Å². The van der Waals surface area contributed by atoms with Crippen LogP contribution >= 0.6 is 0 Å². The number of likely N-dealkylation sites (tertiary alicyclic amines) is 1. The summed E-state index contributed by atoms with van der Waals surface area (Å²) in [4.78, 5) is 2.32. The Morgan fingerprint density at radius 1 is 1.38 bits per heavy atom. The maximum atomic E-state index is 11.0. The third-order valence-electron chi connectivity index (χ3n) is 2.72. The van der Waals surface area contributed by atoms with E-state index >= 15 is 0 Å². The van der Waals surface area contributed by atoms with Crippen molar-refractivity contribution >= 4 is 10.0 Å². The summed E-state index contributed by atoms with van der Waals surface area (Å²) in [7, 11) is -3.06. The van der Waals surface area contributed by atoms with Crippen LogP contribution in [0.15, 0.2) is 0 Å². The average Bonchev–Trinajstić information content (AvgIpc) is 2.19. The molecule has 0 amide bonds. The Labute approximate surface area is 98.2 Å². The van der Waals surface area contributed by atoms with E-state index in [0.717, 1.165) is 45.7 Å². The molecule has 0 aromatic heterocycles. The highest BCUT2D eigenvalue weighted by molar-refractivity contribution is 7.88. The zero-order chi connectivity index (χ0) is 12.0. The summed E-state index contributed by atoms with van der Waals surface area (Å²) in [5.41, 5.74) is 0. The fourth-order valence-electron chi connectivity index (χ4n) is 1.92. The topological polar surface area (TPSA) is 58.6 Å². The standard InChI is InChI=1S/C10H22N2O3S/c1-3-15-9-8-12-6-4-10(5-7-12)11-16(2,13)14/h10-11H,3-9H2,1-2H3. The van der Waals surface area contributed by atoms with Crippen LogP contribution in [0.2, 0.25) is 0 Å². The molecule has 0 unspecified atom stereocenters. The van der Waals surface area contributed by atoms with Crippen LogP contribution < -0.4 is 4.72 Å². The second-order valence-electron chi connectivity index (χ2n) is 4.20. The molecule has 6 heteroatoms. The van der Waals surface area contributed by atoms with Gasteiger partial charge < -0.3 is 9.64 Å². The molecule has 1 aliphatic heterocycles. The molecule has 5 nitrogen and oxygen atoms in total. The summed E-state index contributed by atoms with van der Waals surface area (Å²) in [5.74, 6) is 0. The Morgan fingerprint density at radius 3 is 2.50 bits per heavy atom. The number of sulfonamides is 1. The van der Waals surface area contributed by atoms with Crippen molar-refractivity contribution in [3.63, 3.8) is 0 Å². The van der Waals surface area contributed by atoms with Gasteiger partial charge in [0.25, 0.3) is 0 Å². The Hall–Kier alpha value is -0.170. The van der Waals surface area contributed by atoms with Gasteiger partial charge in [0.15, 0.2) is 0 Å². The van der Waals surface area contributed by atoms with Gasteiger partial charge >= 0.3 is 0 Å². The summed E-state index contributed by atoms with van der Waals surface area (Å²) in [6.45, 7) is 6.34. The van der Waals surface area contributed by atoms with Crippen LogP contribution in [0.3, 0.4) is 0 Å². The first-order valence-corrected chi connectivity index (χ1v) is 7.68. The number of nitrogens with one attached hydrogen (secondary N) is 1. The van der Waals surface area contributed by atoms with E-state index in [1.54, 1.807) is 0 Å². The number of hydrogen-bond acceptors (Lipinski definition) is 4.